The van der Waals surface area contributed by atoms with Crippen LogP contribution in [-0.2, 0) is 19.0 Å². The van der Waals surface area contributed by atoms with Gasteiger partial charge in [0.2, 0.25) is 5.91 Å². The zero-order valence-electron chi connectivity index (χ0n) is 14.0. The third-order valence-corrected chi connectivity index (χ3v) is 4.38. The van der Waals surface area contributed by atoms with Crippen molar-refractivity contribution in [1.29, 1.82) is 0 Å². The lowest BCUT2D eigenvalue weighted by atomic mass is 9.96. The Balaban J connectivity index is 2.18. The standard InChI is InChI=1S/C14H25NO11/c1-4(18)15-7-10(21)8(19)6(3-17)25-14(7)26-12-11(22)9(20)5(2-16)24-13(12)23/h5-14,16-17,19-23H,2-3H2,1H3,(H,15,18)/t5-,6-,7-,8+,9+,10-,11+,12-,13-,14-/m1/s1. The summed E-state index contributed by atoms with van der Waals surface area (Å²) >= 11 is 0. The van der Waals surface area contributed by atoms with Gasteiger partial charge in [0, 0.05) is 6.92 Å². The number of carbonyl (C=O) groups excluding carboxylic acids is 1. The molecule has 26 heavy (non-hydrogen) atoms. The molecule has 0 unspecified atom stereocenters. The van der Waals surface area contributed by atoms with E-state index < -0.39 is 80.5 Å². The largest absolute Gasteiger partial charge is 0.394 e. The van der Waals surface area contributed by atoms with Crippen molar-refractivity contribution < 1.29 is 54.8 Å². The van der Waals surface area contributed by atoms with Crippen molar-refractivity contribution in [3.63, 3.8) is 0 Å². The van der Waals surface area contributed by atoms with Gasteiger partial charge in [-0.05, 0) is 0 Å². The topological polar surface area (TPSA) is 198 Å². The fourth-order valence-electron chi connectivity index (χ4n) is 2.96. The number of nitrogens with one attached hydrogen (secondary N) is 1. The van der Waals surface area contributed by atoms with E-state index in [1.807, 2.05) is 0 Å². The number of hydrogen-bond donors (Lipinski definition) is 8. The molecular weight excluding hydrogens is 358 g/mol. The van der Waals surface area contributed by atoms with Crippen LogP contribution in [0.2, 0.25) is 0 Å². The van der Waals surface area contributed by atoms with Crippen molar-refractivity contribution in [2.24, 2.45) is 0 Å². The van der Waals surface area contributed by atoms with Crippen molar-refractivity contribution >= 4 is 5.91 Å². The molecule has 0 aliphatic carbocycles. The van der Waals surface area contributed by atoms with E-state index >= 15 is 0 Å². The summed E-state index contributed by atoms with van der Waals surface area (Å²) in [4.78, 5) is 11.4. The van der Waals surface area contributed by atoms with Gasteiger partial charge in [-0.15, -0.1) is 0 Å². The van der Waals surface area contributed by atoms with Crippen LogP contribution >= 0.6 is 0 Å². The van der Waals surface area contributed by atoms with Gasteiger partial charge in [0.25, 0.3) is 0 Å². The van der Waals surface area contributed by atoms with Crippen LogP contribution in [0.1, 0.15) is 6.92 Å². The first kappa shape index (κ1) is 21.4. The fraction of sp³-hybridized carbons (Fsp3) is 0.929. The summed E-state index contributed by atoms with van der Waals surface area (Å²) in [5, 5.41) is 70.7. The molecule has 8 N–H and O–H groups in total. The molecule has 0 saturated carbocycles. The molecule has 1 amide bonds. The average molecular weight is 383 g/mol. The smallest absolute Gasteiger partial charge is 0.217 e. The molecule has 0 spiro atoms. The van der Waals surface area contributed by atoms with Crippen molar-refractivity contribution in [2.45, 2.75) is 68.3 Å². The molecule has 2 saturated heterocycles. The average Bonchev–Trinajstić information content (AvgIpc) is 2.60. The summed E-state index contributed by atoms with van der Waals surface area (Å²) in [6.07, 6.45) is -13.7. The summed E-state index contributed by atoms with van der Waals surface area (Å²) in [7, 11) is 0. The molecule has 2 aliphatic rings. The van der Waals surface area contributed by atoms with Crippen LogP contribution < -0.4 is 5.32 Å². The normalized spacial score (nSPS) is 46.8. The number of carbonyl (C=O) groups is 1. The SMILES string of the molecule is CC(=O)N[C@H]1[C@@H](O[C@@H]2[C@@H](O)[C@@H](O)[C@@H](CO)O[C@H]2O)O[C@H](CO)[C@H](O)[C@@H]1O. The molecule has 0 aromatic heterocycles. The van der Waals surface area contributed by atoms with E-state index in [4.69, 9.17) is 19.3 Å². The molecule has 10 atom stereocenters. The maximum atomic E-state index is 11.4. The minimum Gasteiger partial charge on any atom is -0.394 e. The van der Waals surface area contributed by atoms with Gasteiger partial charge in [-0.1, -0.05) is 0 Å². The third kappa shape index (κ3) is 4.31. The summed E-state index contributed by atoms with van der Waals surface area (Å²) < 4.78 is 15.7. The number of aliphatic hydroxyl groups excluding tert-OH is 7. The molecule has 152 valence electrons. The highest BCUT2D eigenvalue weighted by molar-refractivity contribution is 5.73. The fourth-order valence-corrected chi connectivity index (χ4v) is 2.96. The number of amides is 1. The Hall–Kier alpha value is -0.930. The highest BCUT2D eigenvalue weighted by Gasteiger charge is 2.50. The highest BCUT2D eigenvalue weighted by Crippen LogP contribution is 2.28. The molecule has 2 rings (SSSR count). The first-order valence-corrected chi connectivity index (χ1v) is 8.06. The van der Waals surface area contributed by atoms with E-state index in [0.717, 1.165) is 6.92 Å². The molecule has 2 aliphatic heterocycles. The first-order chi connectivity index (χ1) is 12.2. The Morgan fingerprint density at radius 1 is 0.923 bits per heavy atom. The monoisotopic (exact) mass is 383 g/mol. The van der Waals surface area contributed by atoms with Crippen LogP contribution in [0.3, 0.4) is 0 Å². The summed E-state index contributed by atoms with van der Waals surface area (Å²) in [6, 6.07) is -1.29. The Bertz CT molecular complexity index is 480. The van der Waals surface area contributed by atoms with Crippen LogP contribution in [0.25, 0.3) is 0 Å². The second-order valence-corrected chi connectivity index (χ2v) is 6.26. The lowest BCUT2D eigenvalue weighted by Crippen LogP contribution is -2.67. The lowest BCUT2D eigenvalue weighted by Gasteiger charge is -2.46. The first-order valence-electron chi connectivity index (χ1n) is 8.06. The molecule has 12 heteroatoms. The third-order valence-electron chi connectivity index (χ3n) is 4.38. The molecule has 0 aromatic carbocycles. The number of hydrogen-bond acceptors (Lipinski definition) is 11. The molecule has 2 fully saturated rings. The predicted octanol–water partition coefficient (Wildman–Crippen LogP) is -5.25. The van der Waals surface area contributed by atoms with Crippen LogP contribution in [-0.4, -0.2) is 116 Å². The Morgan fingerprint density at radius 3 is 2.00 bits per heavy atom. The van der Waals surface area contributed by atoms with Gasteiger partial charge in [-0.2, -0.15) is 0 Å². The number of aliphatic hydroxyl groups is 7. The zero-order chi connectivity index (χ0) is 19.6. The molecule has 0 radical (unpaired) electrons. The summed E-state index contributed by atoms with van der Waals surface area (Å²) in [5.74, 6) is -0.581. The van der Waals surface area contributed by atoms with Crippen LogP contribution in [0, 0.1) is 0 Å². The van der Waals surface area contributed by atoms with E-state index in [0.29, 0.717) is 0 Å². The molecule has 2 heterocycles. The number of ether oxygens (including phenoxy) is 3. The van der Waals surface area contributed by atoms with Gasteiger partial charge in [-0.3, -0.25) is 4.79 Å². The van der Waals surface area contributed by atoms with Gasteiger partial charge in [0.1, 0.15) is 48.8 Å². The van der Waals surface area contributed by atoms with Crippen molar-refractivity contribution in [3.05, 3.63) is 0 Å². The van der Waals surface area contributed by atoms with Crippen LogP contribution in [0.4, 0.5) is 0 Å². The van der Waals surface area contributed by atoms with E-state index in [9.17, 15) is 35.4 Å². The predicted molar refractivity (Wildman–Crippen MR) is 80.2 cm³/mol. The summed E-state index contributed by atoms with van der Waals surface area (Å²) in [6.45, 7) is -0.183. The zero-order valence-corrected chi connectivity index (χ0v) is 14.0. The van der Waals surface area contributed by atoms with E-state index in [1.54, 1.807) is 0 Å². The second-order valence-electron chi connectivity index (χ2n) is 6.26. The van der Waals surface area contributed by atoms with E-state index in [1.165, 1.54) is 0 Å². The maximum absolute atomic E-state index is 11.4. The molecular formula is C14H25NO11. The van der Waals surface area contributed by atoms with Crippen LogP contribution in [0.5, 0.6) is 0 Å². The Labute approximate surface area is 148 Å². The quantitative estimate of drug-likeness (QED) is 0.226. The van der Waals surface area contributed by atoms with E-state index in [2.05, 4.69) is 5.32 Å². The lowest BCUT2D eigenvalue weighted by molar-refractivity contribution is -0.348. The summed E-state index contributed by atoms with van der Waals surface area (Å²) in [5.41, 5.74) is 0. The van der Waals surface area contributed by atoms with Gasteiger partial charge in [0.15, 0.2) is 12.6 Å². The highest BCUT2D eigenvalue weighted by atomic mass is 16.7. The second kappa shape index (κ2) is 8.84. The van der Waals surface area contributed by atoms with Crippen LogP contribution in [0.15, 0.2) is 0 Å². The van der Waals surface area contributed by atoms with E-state index in [-0.39, 0.29) is 0 Å². The minimum absolute atomic E-state index is 0.581. The molecule has 0 bridgehead atoms. The van der Waals surface area contributed by atoms with Gasteiger partial charge in [0.05, 0.1) is 13.2 Å². The van der Waals surface area contributed by atoms with Gasteiger partial charge in [-0.25, -0.2) is 0 Å². The van der Waals surface area contributed by atoms with Gasteiger partial charge < -0.3 is 55.3 Å². The Kier molecular flexibility index (Phi) is 7.27. The van der Waals surface area contributed by atoms with Crippen molar-refractivity contribution in [1.82, 2.24) is 5.32 Å². The number of rotatable bonds is 5. The Morgan fingerprint density at radius 2 is 1.46 bits per heavy atom. The molecule has 12 nitrogen and oxygen atoms in total. The molecule has 0 aromatic rings. The minimum atomic E-state index is -1.76. The maximum Gasteiger partial charge on any atom is 0.217 e. The van der Waals surface area contributed by atoms with Gasteiger partial charge >= 0.3 is 0 Å². The van der Waals surface area contributed by atoms with Crippen molar-refractivity contribution in [2.75, 3.05) is 13.2 Å². The van der Waals surface area contributed by atoms with Crippen molar-refractivity contribution in [3.8, 4) is 0 Å².